The Morgan fingerprint density at radius 1 is 1.53 bits per heavy atom. The Balaban J connectivity index is 2.48. The van der Waals surface area contributed by atoms with Crippen LogP contribution in [-0.4, -0.2) is 42.0 Å². The van der Waals surface area contributed by atoms with Gasteiger partial charge in [0, 0.05) is 19.6 Å². The van der Waals surface area contributed by atoms with E-state index < -0.39 is 0 Å². The number of hydrogen-bond acceptors (Lipinski definition) is 2. The molecule has 0 atom stereocenters. The number of carbonyl (C=O) groups is 1. The molecule has 1 aliphatic heterocycles. The van der Waals surface area contributed by atoms with Crippen LogP contribution in [0.15, 0.2) is 0 Å². The molecule has 0 aromatic heterocycles. The number of nitriles is 1. The molecule has 0 aromatic rings. The monoisotopic (exact) mass is 209 g/mol. The van der Waals surface area contributed by atoms with E-state index in [9.17, 15) is 4.79 Å². The minimum Gasteiger partial charge on any atom is -0.325 e. The fourth-order valence-corrected chi connectivity index (χ4v) is 1.80. The lowest BCUT2D eigenvalue weighted by atomic mass is 10.00. The summed E-state index contributed by atoms with van der Waals surface area (Å²) in [6.45, 7) is 6.60. The van der Waals surface area contributed by atoms with Crippen LogP contribution in [0.25, 0.3) is 0 Å². The third kappa shape index (κ3) is 3.12. The molecule has 1 rings (SSSR count). The number of rotatable bonds is 2. The highest BCUT2D eigenvalue weighted by atomic mass is 16.2. The molecule has 4 heteroatoms. The highest BCUT2D eigenvalue weighted by Crippen LogP contribution is 2.17. The Kier molecular flexibility index (Phi) is 4.41. The lowest BCUT2D eigenvalue weighted by molar-refractivity contribution is 0.141. The number of hydrogen-bond donors (Lipinski definition) is 0. The van der Waals surface area contributed by atoms with Gasteiger partial charge in [-0.1, -0.05) is 6.92 Å². The normalized spacial score (nSPS) is 17.3. The molecular weight excluding hydrogens is 190 g/mol. The van der Waals surface area contributed by atoms with E-state index in [1.54, 1.807) is 4.90 Å². The molecule has 1 heterocycles. The van der Waals surface area contributed by atoms with Gasteiger partial charge in [0.15, 0.2) is 0 Å². The topological polar surface area (TPSA) is 47.3 Å². The van der Waals surface area contributed by atoms with Gasteiger partial charge in [0.25, 0.3) is 0 Å². The molecule has 84 valence electrons. The van der Waals surface area contributed by atoms with Crippen LogP contribution in [0.2, 0.25) is 0 Å². The molecule has 0 aromatic carbocycles. The van der Waals surface area contributed by atoms with E-state index in [0.717, 1.165) is 31.8 Å². The number of piperidine rings is 1. The molecule has 0 radical (unpaired) electrons. The predicted octanol–water partition coefficient (Wildman–Crippen LogP) is 1.68. The zero-order valence-corrected chi connectivity index (χ0v) is 9.57. The molecule has 2 amide bonds. The zero-order chi connectivity index (χ0) is 11.3. The average Bonchev–Trinajstić information content (AvgIpc) is 2.26. The second kappa shape index (κ2) is 5.59. The maximum atomic E-state index is 11.9. The highest BCUT2D eigenvalue weighted by Gasteiger charge is 2.23. The molecule has 0 saturated carbocycles. The van der Waals surface area contributed by atoms with Crippen molar-refractivity contribution in [3.8, 4) is 6.07 Å². The summed E-state index contributed by atoms with van der Waals surface area (Å²) >= 11 is 0. The SMILES string of the molecule is CCN(CC#N)C(=O)N1CCC(C)CC1. The first-order chi connectivity index (χ1) is 7.19. The summed E-state index contributed by atoms with van der Waals surface area (Å²) in [5, 5.41) is 8.59. The van der Waals surface area contributed by atoms with Gasteiger partial charge in [-0.3, -0.25) is 0 Å². The molecule has 0 spiro atoms. The molecule has 15 heavy (non-hydrogen) atoms. The molecule has 1 fully saturated rings. The number of likely N-dealkylation sites (tertiary alicyclic amines) is 1. The van der Waals surface area contributed by atoms with Crippen LogP contribution in [-0.2, 0) is 0 Å². The Labute approximate surface area is 91.5 Å². The fourth-order valence-electron chi connectivity index (χ4n) is 1.80. The molecule has 4 nitrogen and oxygen atoms in total. The van der Waals surface area contributed by atoms with Gasteiger partial charge in [-0.25, -0.2) is 4.79 Å². The molecule has 0 bridgehead atoms. The van der Waals surface area contributed by atoms with Gasteiger partial charge in [0.05, 0.1) is 6.07 Å². The van der Waals surface area contributed by atoms with Crippen molar-refractivity contribution in [2.75, 3.05) is 26.2 Å². The molecule has 0 aliphatic carbocycles. The standard InChI is InChI=1S/C11H19N3O/c1-3-13(9-6-12)11(15)14-7-4-10(2)5-8-14/h10H,3-5,7-9H2,1-2H3. The fraction of sp³-hybridized carbons (Fsp3) is 0.818. The van der Waals surface area contributed by atoms with Crippen LogP contribution in [0.1, 0.15) is 26.7 Å². The zero-order valence-electron chi connectivity index (χ0n) is 9.57. The Morgan fingerprint density at radius 2 is 2.13 bits per heavy atom. The van der Waals surface area contributed by atoms with Gasteiger partial charge >= 0.3 is 6.03 Å². The Bertz CT molecular complexity index is 251. The van der Waals surface area contributed by atoms with Crippen LogP contribution in [0.5, 0.6) is 0 Å². The maximum absolute atomic E-state index is 11.9. The van der Waals surface area contributed by atoms with Gasteiger partial charge in [-0.15, -0.1) is 0 Å². The van der Waals surface area contributed by atoms with Crippen LogP contribution in [0.4, 0.5) is 4.79 Å². The first-order valence-electron chi connectivity index (χ1n) is 5.59. The summed E-state index contributed by atoms with van der Waals surface area (Å²) in [5.41, 5.74) is 0. The van der Waals surface area contributed by atoms with E-state index in [0.29, 0.717) is 6.54 Å². The maximum Gasteiger partial charge on any atom is 0.320 e. The lowest BCUT2D eigenvalue weighted by Gasteiger charge is -2.33. The van der Waals surface area contributed by atoms with E-state index in [-0.39, 0.29) is 12.6 Å². The van der Waals surface area contributed by atoms with Crippen molar-refractivity contribution in [2.24, 2.45) is 5.92 Å². The number of nitrogens with zero attached hydrogens (tertiary/aromatic N) is 3. The van der Waals surface area contributed by atoms with E-state index in [2.05, 4.69) is 6.92 Å². The van der Waals surface area contributed by atoms with Crippen molar-refractivity contribution in [3.63, 3.8) is 0 Å². The predicted molar refractivity (Wildman–Crippen MR) is 58.2 cm³/mol. The van der Waals surface area contributed by atoms with Crippen molar-refractivity contribution in [2.45, 2.75) is 26.7 Å². The number of carbonyl (C=O) groups excluding carboxylic acids is 1. The van der Waals surface area contributed by atoms with Crippen LogP contribution in [0, 0.1) is 17.2 Å². The summed E-state index contributed by atoms with van der Waals surface area (Å²) in [7, 11) is 0. The van der Waals surface area contributed by atoms with Gasteiger partial charge in [-0.2, -0.15) is 5.26 Å². The summed E-state index contributed by atoms with van der Waals surface area (Å²) in [5.74, 6) is 0.722. The van der Waals surface area contributed by atoms with Crippen molar-refractivity contribution in [1.29, 1.82) is 5.26 Å². The van der Waals surface area contributed by atoms with Crippen molar-refractivity contribution in [3.05, 3.63) is 0 Å². The van der Waals surface area contributed by atoms with E-state index in [1.165, 1.54) is 0 Å². The minimum absolute atomic E-state index is 0.0194. The average molecular weight is 209 g/mol. The third-order valence-corrected chi connectivity index (χ3v) is 2.97. The Hall–Kier alpha value is -1.24. The summed E-state index contributed by atoms with van der Waals surface area (Å²) < 4.78 is 0. The van der Waals surface area contributed by atoms with Gasteiger partial charge < -0.3 is 9.80 Å². The molecular formula is C11H19N3O. The summed E-state index contributed by atoms with van der Waals surface area (Å²) in [6.07, 6.45) is 2.16. The highest BCUT2D eigenvalue weighted by molar-refractivity contribution is 5.74. The van der Waals surface area contributed by atoms with Crippen LogP contribution in [0.3, 0.4) is 0 Å². The molecule has 1 saturated heterocycles. The van der Waals surface area contributed by atoms with Crippen molar-refractivity contribution >= 4 is 6.03 Å². The summed E-state index contributed by atoms with van der Waals surface area (Å²) in [4.78, 5) is 15.4. The second-order valence-corrected chi connectivity index (χ2v) is 4.12. The molecule has 0 unspecified atom stereocenters. The second-order valence-electron chi connectivity index (χ2n) is 4.12. The van der Waals surface area contributed by atoms with E-state index >= 15 is 0 Å². The van der Waals surface area contributed by atoms with E-state index in [4.69, 9.17) is 5.26 Å². The molecule has 1 aliphatic rings. The Morgan fingerprint density at radius 3 is 2.60 bits per heavy atom. The van der Waals surface area contributed by atoms with Gasteiger partial charge in [0.1, 0.15) is 6.54 Å². The van der Waals surface area contributed by atoms with Crippen LogP contribution >= 0.6 is 0 Å². The van der Waals surface area contributed by atoms with Gasteiger partial charge in [-0.05, 0) is 25.7 Å². The van der Waals surface area contributed by atoms with E-state index in [1.807, 2.05) is 17.9 Å². The largest absolute Gasteiger partial charge is 0.325 e. The quantitative estimate of drug-likeness (QED) is 0.650. The first-order valence-corrected chi connectivity index (χ1v) is 5.59. The summed E-state index contributed by atoms with van der Waals surface area (Å²) in [6, 6.07) is 2.05. The lowest BCUT2D eigenvalue weighted by Crippen LogP contribution is -2.46. The number of urea groups is 1. The minimum atomic E-state index is 0.0194. The third-order valence-electron chi connectivity index (χ3n) is 2.97. The van der Waals surface area contributed by atoms with Crippen LogP contribution < -0.4 is 0 Å². The molecule has 0 N–H and O–H groups in total. The van der Waals surface area contributed by atoms with Gasteiger partial charge in [0.2, 0.25) is 0 Å². The van der Waals surface area contributed by atoms with Crippen molar-refractivity contribution in [1.82, 2.24) is 9.80 Å². The smallest absolute Gasteiger partial charge is 0.320 e. The first kappa shape index (κ1) is 11.8. The van der Waals surface area contributed by atoms with Crippen molar-refractivity contribution < 1.29 is 4.79 Å². The number of amides is 2.